The van der Waals surface area contributed by atoms with Crippen LogP contribution >= 0.6 is 0 Å². The fourth-order valence-electron chi connectivity index (χ4n) is 3.28. The smallest absolute Gasteiger partial charge is 0.204 e. The number of para-hydroxylation sites is 2. The molecule has 0 aliphatic carbocycles. The Morgan fingerprint density at radius 2 is 2.17 bits per heavy atom. The van der Waals surface area contributed by atoms with E-state index < -0.39 is 0 Å². The molecule has 23 heavy (non-hydrogen) atoms. The van der Waals surface area contributed by atoms with Gasteiger partial charge < -0.3 is 15.2 Å². The molecule has 4 rings (SSSR count). The highest BCUT2D eigenvalue weighted by Gasteiger charge is 2.20. The van der Waals surface area contributed by atoms with Gasteiger partial charge in [-0.1, -0.05) is 18.2 Å². The zero-order valence-corrected chi connectivity index (χ0v) is 13.1. The van der Waals surface area contributed by atoms with Crippen LogP contribution in [-0.2, 0) is 6.54 Å². The Morgan fingerprint density at radius 3 is 3.00 bits per heavy atom. The molecule has 5 heteroatoms. The maximum atomic E-state index is 4.81. The first kappa shape index (κ1) is 14.2. The number of hydrogen-bond acceptors (Lipinski definition) is 4. The van der Waals surface area contributed by atoms with Crippen LogP contribution < -0.4 is 10.6 Å². The molecule has 3 aromatic rings. The molecular weight excluding hydrogens is 286 g/mol. The van der Waals surface area contributed by atoms with Gasteiger partial charge in [0, 0.05) is 31.5 Å². The van der Waals surface area contributed by atoms with E-state index >= 15 is 0 Å². The van der Waals surface area contributed by atoms with E-state index in [4.69, 9.17) is 4.98 Å². The number of hydrogen-bond donors (Lipinski definition) is 2. The summed E-state index contributed by atoms with van der Waals surface area (Å²) in [7, 11) is 0. The molecule has 5 nitrogen and oxygen atoms in total. The topological polar surface area (TPSA) is 54.8 Å². The Labute approximate surface area is 135 Å². The SMILES string of the molecule is c1cncc(CNc2nc3ccccc3n2C2CCCNC2)c1. The molecule has 0 bridgehead atoms. The highest BCUT2D eigenvalue weighted by atomic mass is 15.2. The summed E-state index contributed by atoms with van der Waals surface area (Å²) in [5, 5.41) is 7.00. The van der Waals surface area contributed by atoms with E-state index in [9.17, 15) is 0 Å². The zero-order valence-electron chi connectivity index (χ0n) is 13.1. The number of aromatic nitrogens is 3. The summed E-state index contributed by atoms with van der Waals surface area (Å²) in [5.74, 6) is 0.948. The van der Waals surface area contributed by atoms with Gasteiger partial charge in [-0.05, 0) is 43.1 Å². The fourth-order valence-corrected chi connectivity index (χ4v) is 3.28. The molecule has 1 aromatic carbocycles. The summed E-state index contributed by atoms with van der Waals surface area (Å²) in [5.41, 5.74) is 3.41. The normalized spacial score (nSPS) is 18.2. The van der Waals surface area contributed by atoms with E-state index in [0.29, 0.717) is 6.04 Å². The van der Waals surface area contributed by atoms with Crippen LogP contribution in [0.4, 0.5) is 5.95 Å². The van der Waals surface area contributed by atoms with Crippen molar-refractivity contribution in [2.75, 3.05) is 18.4 Å². The number of rotatable bonds is 4. The largest absolute Gasteiger partial charge is 0.351 e. The molecular formula is C18H21N5. The van der Waals surface area contributed by atoms with E-state index in [0.717, 1.165) is 36.7 Å². The van der Waals surface area contributed by atoms with Gasteiger partial charge in [0.2, 0.25) is 5.95 Å². The van der Waals surface area contributed by atoms with Crippen molar-refractivity contribution in [1.29, 1.82) is 0 Å². The monoisotopic (exact) mass is 307 g/mol. The standard InChI is InChI=1S/C18H21N5/c1-2-8-17-16(7-1)22-18(21-12-14-5-3-9-19-11-14)23(17)15-6-4-10-20-13-15/h1-3,5,7-9,11,15,20H,4,6,10,12-13H2,(H,21,22). The van der Waals surface area contributed by atoms with Crippen LogP contribution in [0.3, 0.4) is 0 Å². The number of anilines is 1. The van der Waals surface area contributed by atoms with Crippen molar-refractivity contribution in [2.24, 2.45) is 0 Å². The second kappa shape index (κ2) is 6.38. The molecule has 1 saturated heterocycles. The molecule has 118 valence electrons. The van der Waals surface area contributed by atoms with Gasteiger partial charge in [-0.15, -0.1) is 0 Å². The molecule has 1 atom stereocenters. The van der Waals surface area contributed by atoms with E-state index in [-0.39, 0.29) is 0 Å². The maximum Gasteiger partial charge on any atom is 0.204 e. The van der Waals surface area contributed by atoms with E-state index in [1.54, 1.807) is 6.20 Å². The second-order valence-corrected chi connectivity index (χ2v) is 6.01. The summed E-state index contributed by atoms with van der Waals surface area (Å²) in [6.07, 6.45) is 6.09. The molecule has 0 amide bonds. The minimum atomic E-state index is 0.451. The summed E-state index contributed by atoms with van der Waals surface area (Å²) in [4.78, 5) is 8.98. The van der Waals surface area contributed by atoms with Crippen molar-refractivity contribution in [3.63, 3.8) is 0 Å². The lowest BCUT2D eigenvalue weighted by Gasteiger charge is -2.26. The van der Waals surface area contributed by atoms with Gasteiger partial charge in [0.25, 0.3) is 0 Å². The predicted octanol–water partition coefficient (Wildman–Crippen LogP) is 2.97. The van der Waals surface area contributed by atoms with E-state index in [2.05, 4.69) is 44.5 Å². The van der Waals surface area contributed by atoms with Crippen molar-refractivity contribution in [2.45, 2.75) is 25.4 Å². The Bertz CT molecular complexity index is 774. The summed E-state index contributed by atoms with van der Waals surface area (Å²) >= 11 is 0. The Balaban J connectivity index is 1.67. The number of imidazole rings is 1. The Hall–Kier alpha value is -2.40. The molecule has 1 fully saturated rings. The number of nitrogens with zero attached hydrogens (tertiary/aromatic N) is 3. The van der Waals surface area contributed by atoms with E-state index in [1.165, 1.54) is 18.4 Å². The van der Waals surface area contributed by atoms with Gasteiger partial charge in [-0.25, -0.2) is 4.98 Å². The Kier molecular flexibility index (Phi) is 3.94. The predicted molar refractivity (Wildman–Crippen MR) is 92.4 cm³/mol. The van der Waals surface area contributed by atoms with Gasteiger partial charge in [0.05, 0.1) is 11.0 Å². The fraction of sp³-hybridized carbons (Fsp3) is 0.333. The zero-order chi connectivity index (χ0) is 15.5. The highest BCUT2D eigenvalue weighted by molar-refractivity contribution is 5.78. The van der Waals surface area contributed by atoms with Crippen molar-refractivity contribution in [1.82, 2.24) is 19.9 Å². The van der Waals surface area contributed by atoms with Crippen molar-refractivity contribution in [3.05, 3.63) is 54.4 Å². The lowest BCUT2D eigenvalue weighted by atomic mass is 10.1. The summed E-state index contributed by atoms with van der Waals surface area (Å²) in [6, 6.07) is 12.9. The van der Waals surface area contributed by atoms with Crippen LogP contribution in [0.2, 0.25) is 0 Å². The molecule has 1 aliphatic heterocycles. The first-order valence-corrected chi connectivity index (χ1v) is 8.22. The first-order chi connectivity index (χ1) is 11.4. The average Bonchev–Trinajstić information content (AvgIpc) is 3.00. The van der Waals surface area contributed by atoms with Gasteiger partial charge in [-0.3, -0.25) is 4.98 Å². The molecule has 0 saturated carbocycles. The van der Waals surface area contributed by atoms with Gasteiger partial charge in [0.1, 0.15) is 0 Å². The number of nitrogens with one attached hydrogen (secondary N) is 2. The quantitative estimate of drug-likeness (QED) is 0.778. The first-order valence-electron chi connectivity index (χ1n) is 8.22. The van der Waals surface area contributed by atoms with Crippen LogP contribution in [0.25, 0.3) is 11.0 Å². The summed E-state index contributed by atoms with van der Waals surface area (Å²) < 4.78 is 2.36. The van der Waals surface area contributed by atoms with Crippen LogP contribution in [0.1, 0.15) is 24.4 Å². The third kappa shape index (κ3) is 2.92. The maximum absolute atomic E-state index is 4.81. The molecule has 2 N–H and O–H groups in total. The van der Waals surface area contributed by atoms with Crippen LogP contribution in [0, 0.1) is 0 Å². The number of pyridine rings is 1. The molecule has 1 unspecified atom stereocenters. The van der Waals surface area contributed by atoms with E-state index in [1.807, 2.05) is 18.3 Å². The lowest BCUT2D eigenvalue weighted by molar-refractivity contribution is 0.380. The van der Waals surface area contributed by atoms with Crippen molar-refractivity contribution in [3.8, 4) is 0 Å². The molecule has 2 aromatic heterocycles. The minimum absolute atomic E-state index is 0.451. The van der Waals surface area contributed by atoms with Crippen LogP contribution in [0.5, 0.6) is 0 Å². The minimum Gasteiger partial charge on any atom is -0.351 e. The Morgan fingerprint density at radius 1 is 1.22 bits per heavy atom. The molecule has 1 aliphatic rings. The molecule has 0 radical (unpaired) electrons. The lowest BCUT2D eigenvalue weighted by Crippen LogP contribution is -2.32. The molecule has 3 heterocycles. The van der Waals surface area contributed by atoms with Crippen LogP contribution in [0.15, 0.2) is 48.8 Å². The second-order valence-electron chi connectivity index (χ2n) is 6.01. The van der Waals surface area contributed by atoms with Crippen LogP contribution in [-0.4, -0.2) is 27.6 Å². The van der Waals surface area contributed by atoms with Gasteiger partial charge >= 0.3 is 0 Å². The van der Waals surface area contributed by atoms with Gasteiger partial charge in [-0.2, -0.15) is 0 Å². The number of piperidine rings is 1. The molecule has 0 spiro atoms. The van der Waals surface area contributed by atoms with Gasteiger partial charge in [0.15, 0.2) is 0 Å². The van der Waals surface area contributed by atoms with Crippen molar-refractivity contribution >= 4 is 17.0 Å². The third-order valence-electron chi connectivity index (χ3n) is 4.41. The highest BCUT2D eigenvalue weighted by Crippen LogP contribution is 2.28. The van der Waals surface area contributed by atoms with Crippen molar-refractivity contribution < 1.29 is 0 Å². The summed E-state index contributed by atoms with van der Waals surface area (Å²) in [6.45, 7) is 2.85. The average molecular weight is 307 g/mol. The number of fused-ring (bicyclic) bond motifs is 1. The third-order valence-corrected chi connectivity index (χ3v) is 4.41. The number of benzene rings is 1.